The van der Waals surface area contributed by atoms with Crippen LogP contribution in [0.1, 0.15) is 0 Å². The molecule has 14 heavy (non-hydrogen) atoms. The van der Waals surface area contributed by atoms with E-state index in [0.29, 0.717) is 0 Å². The lowest BCUT2D eigenvalue weighted by Gasteiger charge is -2.21. The number of hydrogen-bond acceptors (Lipinski definition) is 0. The molecule has 0 heterocycles. The minimum Gasteiger partial charge on any atom is -0.247 e. The van der Waals surface area contributed by atoms with E-state index in [2.05, 4.69) is 36.4 Å². The monoisotopic (exact) mass is 174 g/mol. The zero-order chi connectivity index (χ0) is 9.38. The smallest absolute Gasteiger partial charge is 0.229 e. The van der Waals surface area contributed by atoms with E-state index in [1.807, 2.05) is 24.3 Å². The summed E-state index contributed by atoms with van der Waals surface area (Å²) in [5, 5.41) is 4.32. The lowest BCUT2D eigenvalue weighted by molar-refractivity contribution is 1.73. The van der Waals surface area contributed by atoms with Crippen molar-refractivity contribution in [1.82, 2.24) is 0 Å². The number of benzene rings is 3. The normalized spacial score (nSPS) is 10.9. The summed E-state index contributed by atoms with van der Waals surface area (Å²) in [6.07, 6.45) is 0. The fourth-order valence-corrected chi connectivity index (χ4v) is 1.60. The quantitative estimate of drug-likeness (QED) is 0.362. The van der Waals surface area contributed by atoms with Gasteiger partial charge in [0.25, 0.3) is 0 Å². The lowest BCUT2D eigenvalue weighted by atomic mass is 10.0. The van der Waals surface area contributed by atoms with E-state index in [-0.39, 0.29) is 0 Å². The largest absolute Gasteiger partial charge is 0.247 e. The Balaban J connectivity index is 2.52. The van der Waals surface area contributed by atoms with Gasteiger partial charge >= 0.3 is 0 Å². The molecule has 3 aromatic carbocycles. The predicted molar refractivity (Wildman–Crippen MR) is 56.8 cm³/mol. The Kier molecular flexibility index (Phi) is 1.54. The molecule has 0 fully saturated rings. The highest BCUT2D eigenvalue weighted by molar-refractivity contribution is 5.96. The van der Waals surface area contributed by atoms with E-state index < -0.39 is 0 Å². The van der Waals surface area contributed by atoms with Crippen LogP contribution in [-0.2, 0) is 0 Å². The third-order valence-electron chi connectivity index (χ3n) is 2.28. The molecule has 0 aromatic heterocycles. The molecule has 0 radical (unpaired) electrons. The first-order chi connectivity index (χ1) is 6.93. The Morgan fingerprint density at radius 1 is 0.500 bits per heavy atom. The Hall–Kier alpha value is -1.82. The van der Waals surface area contributed by atoms with Gasteiger partial charge < -0.3 is 0 Å². The second-order valence-corrected chi connectivity index (χ2v) is 3.19. The molecule has 0 saturated heterocycles. The van der Waals surface area contributed by atoms with Gasteiger partial charge in [-0.2, -0.15) is 0 Å². The van der Waals surface area contributed by atoms with Crippen LogP contribution in [0.4, 0.5) is 0 Å². The first kappa shape index (κ1) is 7.57. The lowest BCUT2D eigenvalue weighted by Crippen LogP contribution is -1.76. The van der Waals surface area contributed by atoms with E-state index >= 15 is 0 Å². The molecule has 0 spiro atoms. The van der Waals surface area contributed by atoms with Gasteiger partial charge in [0.05, 0.1) is 0 Å². The molecule has 0 amide bonds. The average molecular weight is 174 g/mol. The fourth-order valence-electron chi connectivity index (χ4n) is 1.60. The van der Waals surface area contributed by atoms with Gasteiger partial charge in [0, 0.05) is 0 Å². The van der Waals surface area contributed by atoms with Crippen molar-refractivity contribution in [3.8, 4) is 0 Å². The molecule has 0 bridgehead atoms. The molecule has 0 aliphatic carbocycles. The van der Waals surface area contributed by atoms with Gasteiger partial charge in [-0.05, 0) is 0 Å². The summed E-state index contributed by atoms with van der Waals surface area (Å²) in [5.41, 5.74) is 0. The topological polar surface area (TPSA) is 0 Å². The molecular weight excluding hydrogens is 168 g/mol. The summed E-state index contributed by atoms with van der Waals surface area (Å²) in [4.78, 5) is 0. The molecular formula is C14H6-4. The predicted octanol–water partition coefficient (Wildman–Crippen LogP) is 3.19. The van der Waals surface area contributed by atoms with Crippen molar-refractivity contribution in [1.29, 1.82) is 0 Å². The van der Waals surface area contributed by atoms with Crippen LogP contribution in [0.5, 0.6) is 0 Å². The van der Waals surface area contributed by atoms with Crippen LogP contribution in [0.15, 0.2) is 36.4 Å². The van der Waals surface area contributed by atoms with Crippen molar-refractivity contribution >= 4 is 21.5 Å². The molecule has 0 aliphatic heterocycles. The number of rotatable bonds is 0. The van der Waals surface area contributed by atoms with Crippen molar-refractivity contribution in [2.24, 2.45) is 0 Å². The molecule has 3 aromatic rings. The van der Waals surface area contributed by atoms with Gasteiger partial charge in [0.2, 0.25) is 0 Å². The van der Waals surface area contributed by atoms with E-state index in [4.69, 9.17) is 0 Å². The summed E-state index contributed by atoms with van der Waals surface area (Å²) in [6.45, 7) is 0. The molecule has 0 atom stereocenters. The SMILES string of the molecule is [c-]1cc[c-]c2cc3[c-]cc[c-]c3cc12. The molecule has 0 heteroatoms. The minimum atomic E-state index is 1.08. The van der Waals surface area contributed by atoms with E-state index in [1.54, 1.807) is 0 Å². The first-order valence-corrected chi connectivity index (χ1v) is 4.48. The van der Waals surface area contributed by atoms with Crippen LogP contribution in [0.3, 0.4) is 0 Å². The minimum absolute atomic E-state index is 1.08. The Bertz CT molecular complexity index is 489. The molecule has 3 rings (SSSR count). The summed E-state index contributed by atoms with van der Waals surface area (Å²) in [5.74, 6) is 0. The maximum absolute atomic E-state index is 3.18. The van der Waals surface area contributed by atoms with Gasteiger partial charge in [0.15, 0.2) is 0 Å². The molecule has 66 valence electrons. The van der Waals surface area contributed by atoms with E-state index in [9.17, 15) is 0 Å². The summed E-state index contributed by atoms with van der Waals surface area (Å²) >= 11 is 0. The first-order valence-electron chi connectivity index (χ1n) is 4.48. The van der Waals surface area contributed by atoms with Crippen molar-refractivity contribution in [2.75, 3.05) is 0 Å². The third kappa shape index (κ3) is 1.08. The second-order valence-electron chi connectivity index (χ2n) is 3.19. The number of fused-ring (bicyclic) bond motifs is 2. The Morgan fingerprint density at radius 3 is 1.07 bits per heavy atom. The van der Waals surface area contributed by atoms with Crippen LogP contribution >= 0.6 is 0 Å². The van der Waals surface area contributed by atoms with Crippen LogP contribution in [-0.4, -0.2) is 0 Å². The van der Waals surface area contributed by atoms with Crippen molar-refractivity contribution in [2.45, 2.75) is 0 Å². The molecule has 0 nitrogen and oxygen atoms in total. The number of hydrogen-bond donors (Lipinski definition) is 0. The summed E-state index contributed by atoms with van der Waals surface area (Å²) in [7, 11) is 0. The highest BCUT2D eigenvalue weighted by Crippen LogP contribution is 2.20. The van der Waals surface area contributed by atoms with Crippen molar-refractivity contribution in [3.05, 3.63) is 60.7 Å². The van der Waals surface area contributed by atoms with Gasteiger partial charge in [0.1, 0.15) is 0 Å². The Labute approximate surface area is 82.8 Å². The standard InChI is InChI=1S/C14H6/c1-2-6-12-10-14-8-4-3-7-13(14)9-11(12)5-1/h1-4,9-10H/q-4. The van der Waals surface area contributed by atoms with Gasteiger partial charge in [-0.15, -0.1) is 0 Å². The average Bonchev–Trinajstić information content (AvgIpc) is 2.26. The van der Waals surface area contributed by atoms with E-state index in [1.165, 1.54) is 0 Å². The highest BCUT2D eigenvalue weighted by Gasteiger charge is 1.74. The Morgan fingerprint density at radius 2 is 0.786 bits per heavy atom. The maximum Gasteiger partial charge on any atom is -0.229 e. The molecule has 0 saturated carbocycles. The maximum atomic E-state index is 3.18. The molecule has 0 N–H and O–H groups in total. The van der Waals surface area contributed by atoms with Crippen molar-refractivity contribution in [3.63, 3.8) is 0 Å². The van der Waals surface area contributed by atoms with Gasteiger partial charge in [-0.1, -0.05) is 0 Å². The summed E-state index contributed by atoms with van der Waals surface area (Å²) < 4.78 is 0. The summed E-state index contributed by atoms with van der Waals surface area (Å²) in [6, 6.07) is 24.3. The highest BCUT2D eigenvalue weighted by atomic mass is 14.0. The second kappa shape index (κ2) is 2.85. The van der Waals surface area contributed by atoms with E-state index in [0.717, 1.165) is 21.5 Å². The zero-order valence-electron chi connectivity index (χ0n) is 7.46. The van der Waals surface area contributed by atoms with Crippen LogP contribution in [0.2, 0.25) is 0 Å². The fraction of sp³-hybridized carbons (Fsp3) is 0. The van der Waals surface area contributed by atoms with Crippen molar-refractivity contribution < 1.29 is 0 Å². The van der Waals surface area contributed by atoms with Gasteiger partial charge in [-0.3, -0.25) is 0 Å². The molecule has 0 aliphatic rings. The van der Waals surface area contributed by atoms with Crippen LogP contribution < -0.4 is 0 Å². The third-order valence-corrected chi connectivity index (χ3v) is 2.28. The zero-order valence-corrected chi connectivity index (χ0v) is 7.46. The van der Waals surface area contributed by atoms with Gasteiger partial charge in [-0.25, -0.2) is 82.2 Å². The molecule has 0 unspecified atom stereocenters. The van der Waals surface area contributed by atoms with Crippen LogP contribution in [0, 0.1) is 24.3 Å². The van der Waals surface area contributed by atoms with Crippen LogP contribution in [0.25, 0.3) is 21.5 Å².